The highest BCUT2D eigenvalue weighted by Gasteiger charge is 2.29. The average Bonchev–Trinajstić information content (AvgIpc) is 3.44. The molecule has 4 rings (SSSR count). The van der Waals surface area contributed by atoms with Gasteiger partial charge in [0.1, 0.15) is 16.8 Å². The highest BCUT2D eigenvalue weighted by atomic mass is 35.5. The Labute approximate surface area is 162 Å². The van der Waals surface area contributed by atoms with Gasteiger partial charge in [0.25, 0.3) is 0 Å². The van der Waals surface area contributed by atoms with Crippen LogP contribution >= 0.6 is 11.6 Å². The van der Waals surface area contributed by atoms with Gasteiger partial charge in [0.2, 0.25) is 0 Å². The Kier molecular flexibility index (Phi) is 5.67. The summed E-state index contributed by atoms with van der Waals surface area (Å²) in [5, 5.41) is 0.592. The summed E-state index contributed by atoms with van der Waals surface area (Å²) in [6.07, 6.45) is 6.94. The Bertz CT molecular complexity index is 606. The average molecular weight is 379 g/mol. The monoisotopic (exact) mass is 378 g/mol. The van der Waals surface area contributed by atoms with Gasteiger partial charge in [-0.05, 0) is 58.4 Å². The summed E-state index contributed by atoms with van der Waals surface area (Å²) >= 11 is 6.24. The number of hydrogen-bond acceptors (Lipinski definition) is 5. The molecule has 3 aliphatic rings. The lowest BCUT2D eigenvalue weighted by Crippen LogP contribution is -2.46. The van der Waals surface area contributed by atoms with Crippen molar-refractivity contribution in [2.24, 2.45) is 5.92 Å². The minimum atomic E-state index is 0.365. The van der Waals surface area contributed by atoms with Crippen molar-refractivity contribution < 1.29 is 4.74 Å². The number of morpholine rings is 1. The van der Waals surface area contributed by atoms with Crippen LogP contribution in [0.1, 0.15) is 57.7 Å². The zero-order chi connectivity index (χ0) is 18.1. The summed E-state index contributed by atoms with van der Waals surface area (Å²) in [4.78, 5) is 14.2. The summed E-state index contributed by atoms with van der Waals surface area (Å²) < 4.78 is 5.84. The van der Waals surface area contributed by atoms with Crippen molar-refractivity contribution in [1.82, 2.24) is 14.9 Å². The molecule has 3 heterocycles. The molecule has 0 amide bonds. The van der Waals surface area contributed by atoms with Gasteiger partial charge in [-0.15, -0.1) is 0 Å². The SMILES string of the molecule is CC1CN(CCC2CCN(c3cc(Cl)nc(C4CC4)n3)CC2)CC(C)O1. The molecule has 2 unspecified atom stereocenters. The fourth-order valence-corrected chi connectivity index (χ4v) is 4.58. The standard InChI is InChI=1S/C20H31ClN4O/c1-14-12-24(13-15(2)26-14)8-5-16-6-9-25(10-7-16)19-11-18(21)22-20(23-19)17-3-4-17/h11,14-17H,3-10,12-13H2,1-2H3. The van der Waals surface area contributed by atoms with Gasteiger partial charge in [0, 0.05) is 38.2 Å². The van der Waals surface area contributed by atoms with Crippen molar-refractivity contribution in [3.8, 4) is 0 Å². The first-order chi connectivity index (χ1) is 12.6. The first-order valence-corrected chi connectivity index (χ1v) is 10.6. The molecule has 26 heavy (non-hydrogen) atoms. The number of aromatic nitrogens is 2. The molecule has 1 aromatic heterocycles. The van der Waals surface area contributed by atoms with Crippen LogP contribution in [0.4, 0.5) is 5.82 Å². The maximum atomic E-state index is 6.24. The van der Waals surface area contributed by atoms with E-state index in [9.17, 15) is 0 Å². The van der Waals surface area contributed by atoms with Gasteiger partial charge in [-0.1, -0.05) is 11.6 Å². The molecule has 2 atom stereocenters. The molecule has 1 aromatic rings. The third-order valence-corrected chi connectivity index (χ3v) is 6.12. The quantitative estimate of drug-likeness (QED) is 0.730. The molecule has 3 fully saturated rings. The van der Waals surface area contributed by atoms with Crippen LogP contribution in [-0.2, 0) is 4.74 Å². The molecule has 0 bridgehead atoms. The number of ether oxygens (including phenoxy) is 1. The summed E-state index contributed by atoms with van der Waals surface area (Å²) in [6.45, 7) is 9.89. The summed E-state index contributed by atoms with van der Waals surface area (Å²) in [6, 6.07) is 1.93. The second-order valence-corrected chi connectivity index (χ2v) is 8.80. The molecule has 1 aliphatic carbocycles. The Morgan fingerprint density at radius 1 is 1.08 bits per heavy atom. The van der Waals surface area contributed by atoms with Gasteiger partial charge in [-0.3, -0.25) is 4.90 Å². The van der Waals surface area contributed by atoms with Crippen molar-refractivity contribution in [1.29, 1.82) is 0 Å². The fourth-order valence-electron chi connectivity index (χ4n) is 4.39. The van der Waals surface area contributed by atoms with Crippen molar-refractivity contribution in [2.75, 3.05) is 37.6 Å². The van der Waals surface area contributed by atoms with E-state index >= 15 is 0 Å². The Balaban J connectivity index is 1.26. The van der Waals surface area contributed by atoms with Crippen LogP contribution in [0.3, 0.4) is 0 Å². The summed E-state index contributed by atoms with van der Waals surface area (Å²) in [5.74, 6) is 3.34. The van der Waals surface area contributed by atoms with Gasteiger partial charge in [0.05, 0.1) is 12.2 Å². The predicted molar refractivity (Wildman–Crippen MR) is 105 cm³/mol. The van der Waals surface area contributed by atoms with E-state index in [-0.39, 0.29) is 0 Å². The van der Waals surface area contributed by atoms with Crippen LogP contribution in [0.15, 0.2) is 6.07 Å². The summed E-state index contributed by atoms with van der Waals surface area (Å²) in [7, 11) is 0. The Morgan fingerprint density at radius 3 is 2.42 bits per heavy atom. The van der Waals surface area contributed by atoms with Crippen LogP contribution in [0, 0.1) is 5.92 Å². The maximum Gasteiger partial charge on any atom is 0.135 e. The largest absolute Gasteiger partial charge is 0.373 e. The molecule has 2 aliphatic heterocycles. The van der Waals surface area contributed by atoms with E-state index < -0.39 is 0 Å². The second kappa shape index (κ2) is 7.99. The van der Waals surface area contributed by atoms with E-state index in [2.05, 4.69) is 28.6 Å². The number of hydrogen-bond donors (Lipinski definition) is 0. The molecule has 0 radical (unpaired) electrons. The van der Waals surface area contributed by atoms with Gasteiger partial charge in [-0.2, -0.15) is 0 Å². The van der Waals surface area contributed by atoms with Crippen LogP contribution in [-0.4, -0.2) is 59.8 Å². The van der Waals surface area contributed by atoms with Crippen LogP contribution in [0.5, 0.6) is 0 Å². The van der Waals surface area contributed by atoms with E-state index in [1.54, 1.807) is 0 Å². The normalized spacial score (nSPS) is 28.5. The third kappa shape index (κ3) is 4.68. The lowest BCUT2D eigenvalue weighted by molar-refractivity contribution is -0.0690. The van der Waals surface area contributed by atoms with Crippen molar-refractivity contribution in [3.63, 3.8) is 0 Å². The molecule has 0 aromatic carbocycles. The molecule has 0 spiro atoms. The van der Waals surface area contributed by atoms with Gasteiger partial charge in [-0.25, -0.2) is 9.97 Å². The molecular weight excluding hydrogens is 348 g/mol. The van der Waals surface area contributed by atoms with Crippen molar-refractivity contribution in [2.45, 2.75) is 64.1 Å². The fraction of sp³-hybridized carbons (Fsp3) is 0.800. The summed E-state index contributed by atoms with van der Waals surface area (Å²) in [5.41, 5.74) is 0. The number of anilines is 1. The van der Waals surface area contributed by atoms with E-state index in [4.69, 9.17) is 21.3 Å². The molecule has 144 valence electrons. The lowest BCUT2D eigenvalue weighted by Gasteiger charge is -2.37. The first-order valence-electron chi connectivity index (χ1n) is 10.2. The van der Waals surface area contributed by atoms with Crippen LogP contribution in [0.2, 0.25) is 5.15 Å². The first kappa shape index (κ1) is 18.5. The van der Waals surface area contributed by atoms with Crippen LogP contribution in [0.25, 0.3) is 0 Å². The molecule has 0 N–H and O–H groups in total. The van der Waals surface area contributed by atoms with Gasteiger partial charge < -0.3 is 9.64 Å². The van der Waals surface area contributed by atoms with Crippen LogP contribution < -0.4 is 4.90 Å². The number of nitrogens with zero attached hydrogens (tertiary/aromatic N) is 4. The Hall–Kier alpha value is -0.910. The maximum absolute atomic E-state index is 6.24. The second-order valence-electron chi connectivity index (χ2n) is 8.42. The molecule has 2 saturated heterocycles. The minimum Gasteiger partial charge on any atom is -0.373 e. The van der Waals surface area contributed by atoms with Crippen molar-refractivity contribution >= 4 is 17.4 Å². The zero-order valence-corrected chi connectivity index (χ0v) is 16.8. The van der Waals surface area contributed by atoms with Crippen molar-refractivity contribution in [3.05, 3.63) is 17.0 Å². The van der Waals surface area contributed by atoms with E-state index in [1.165, 1.54) is 38.6 Å². The molecule has 5 nitrogen and oxygen atoms in total. The number of halogens is 1. The molecule has 1 saturated carbocycles. The lowest BCUT2D eigenvalue weighted by atomic mass is 9.93. The smallest absolute Gasteiger partial charge is 0.135 e. The Morgan fingerprint density at radius 2 is 1.77 bits per heavy atom. The number of rotatable bonds is 5. The molecular formula is C20H31ClN4O. The number of piperidine rings is 1. The highest BCUT2D eigenvalue weighted by Crippen LogP contribution is 2.39. The van der Waals surface area contributed by atoms with Gasteiger partial charge in [0.15, 0.2) is 0 Å². The minimum absolute atomic E-state index is 0.365. The topological polar surface area (TPSA) is 41.5 Å². The van der Waals surface area contributed by atoms with Gasteiger partial charge >= 0.3 is 0 Å². The predicted octanol–water partition coefficient (Wildman–Crippen LogP) is 3.72. The van der Waals surface area contributed by atoms with E-state index in [1.807, 2.05) is 6.07 Å². The zero-order valence-electron chi connectivity index (χ0n) is 16.0. The van der Waals surface area contributed by atoms with E-state index in [0.717, 1.165) is 43.7 Å². The third-order valence-electron chi connectivity index (χ3n) is 5.93. The van der Waals surface area contributed by atoms with E-state index in [0.29, 0.717) is 23.3 Å². The highest BCUT2D eigenvalue weighted by molar-refractivity contribution is 6.29. The molecule has 6 heteroatoms.